The van der Waals surface area contributed by atoms with Gasteiger partial charge in [-0.2, -0.15) is 0 Å². The van der Waals surface area contributed by atoms with Gasteiger partial charge < -0.3 is 16.2 Å². The van der Waals surface area contributed by atoms with Crippen LogP contribution in [0, 0.1) is 0 Å². The smallest absolute Gasteiger partial charge is 0.255 e. The van der Waals surface area contributed by atoms with Gasteiger partial charge in [0.15, 0.2) is 5.78 Å². The molecule has 0 aliphatic heterocycles. The molecule has 154 valence electrons. The number of carbonyl (C=O) groups excluding carboxylic acids is 2. The third-order valence-corrected chi connectivity index (χ3v) is 4.98. The Morgan fingerprint density at radius 1 is 0.933 bits per heavy atom. The van der Waals surface area contributed by atoms with Crippen molar-refractivity contribution < 1.29 is 14.7 Å². The van der Waals surface area contributed by atoms with Gasteiger partial charge in [0, 0.05) is 16.7 Å². The van der Waals surface area contributed by atoms with E-state index in [1.165, 1.54) is 0 Å². The fourth-order valence-corrected chi connectivity index (χ4v) is 3.15. The first-order valence-corrected chi connectivity index (χ1v) is 9.75. The summed E-state index contributed by atoms with van der Waals surface area (Å²) in [6.07, 6.45) is 0. The van der Waals surface area contributed by atoms with Crippen LogP contribution in [0.4, 0.5) is 11.4 Å². The van der Waals surface area contributed by atoms with Crippen LogP contribution in [0.15, 0.2) is 66.7 Å². The number of nitrogens with one attached hydrogen (secondary N) is 1. The minimum atomic E-state index is -0.365. The molecule has 0 saturated heterocycles. The van der Waals surface area contributed by atoms with Gasteiger partial charge >= 0.3 is 0 Å². The number of rotatable bonds is 5. The number of para-hydroxylation sites is 1. The molecule has 5 heteroatoms. The molecule has 30 heavy (non-hydrogen) atoms. The van der Waals surface area contributed by atoms with Gasteiger partial charge in [-0.05, 0) is 40.8 Å². The summed E-state index contributed by atoms with van der Waals surface area (Å²) in [6, 6.07) is 19.2. The van der Waals surface area contributed by atoms with Crippen LogP contribution in [0.2, 0.25) is 0 Å². The monoisotopic (exact) mass is 402 g/mol. The number of nitrogen functional groups attached to an aromatic ring is 1. The lowest BCUT2D eigenvalue weighted by atomic mass is 9.86. The molecule has 0 fully saturated rings. The van der Waals surface area contributed by atoms with Crippen molar-refractivity contribution in [3.63, 3.8) is 0 Å². The van der Waals surface area contributed by atoms with Gasteiger partial charge in [-0.25, -0.2) is 0 Å². The van der Waals surface area contributed by atoms with E-state index in [1.807, 2.05) is 12.1 Å². The molecule has 3 aromatic rings. The number of anilines is 2. The Kier molecular flexibility index (Phi) is 6.04. The first kappa shape index (κ1) is 21.3. The van der Waals surface area contributed by atoms with Gasteiger partial charge in [-0.1, -0.05) is 63.2 Å². The quantitative estimate of drug-likeness (QED) is 0.431. The normalized spacial score (nSPS) is 11.2. The molecular formula is C25H26N2O3. The highest BCUT2D eigenvalue weighted by Gasteiger charge is 2.18. The summed E-state index contributed by atoms with van der Waals surface area (Å²) in [5.41, 5.74) is 9.85. The Labute approximate surface area is 176 Å². The molecule has 0 atom stereocenters. The summed E-state index contributed by atoms with van der Waals surface area (Å²) in [7, 11) is 0. The van der Waals surface area contributed by atoms with Crippen LogP contribution in [0.3, 0.4) is 0 Å². The number of amides is 1. The van der Waals surface area contributed by atoms with Crippen LogP contribution in [-0.2, 0) is 12.0 Å². The van der Waals surface area contributed by atoms with Crippen molar-refractivity contribution in [1.29, 1.82) is 0 Å². The van der Waals surface area contributed by atoms with Crippen molar-refractivity contribution in [3.8, 4) is 0 Å². The molecule has 0 radical (unpaired) electrons. The number of benzene rings is 3. The molecule has 3 aromatic carbocycles. The van der Waals surface area contributed by atoms with Crippen molar-refractivity contribution in [3.05, 3.63) is 94.5 Å². The molecule has 0 aliphatic carbocycles. The van der Waals surface area contributed by atoms with E-state index in [-0.39, 0.29) is 29.4 Å². The Morgan fingerprint density at radius 2 is 1.60 bits per heavy atom. The van der Waals surface area contributed by atoms with E-state index >= 15 is 0 Å². The lowest BCUT2D eigenvalue weighted by molar-refractivity contribution is 0.102. The second kappa shape index (κ2) is 8.51. The Balaban J connectivity index is 1.85. The van der Waals surface area contributed by atoms with E-state index in [2.05, 4.69) is 26.1 Å². The number of hydrogen-bond donors (Lipinski definition) is 3. The molecule has 3 rings (SSSR count). The lowest BCUT2D eigenvalue weighted by Gasteiger charge is -2.19. The fraction of sp³-hybridized carbons (Fsp3) is 0.200. The van der Waals surface area contributed by atoms with Gasteiger partial charge in [0.2, 0.25) is 0 Å². The standard InChI is InChI=1S/C25H26N2O3/c1-25(2,3)19-12-10-17(11-13-19)23(29)20-8-5-9-21(22(20)26)27-24(30)18-7-4-6-16(14-18)15-28/h4-14,28H,15,26H2,1-3H3,(H,27,30). The van der Waals surface area contributed by atoms with E-state index in [0.29, 0.717) is 27.9 Å². The second-order valence-corrected chi connectivity index (χ2v) is 8.24. The zero-order valence-electron chi connectivity index (χ0n) is 17.4. The summed E-state index contributed by atoms with van der Waals surface area (Å²) in [6.45, 7) is 6.19. The number of ketones is 1. The van der Waals surface area contributed by atoms with Crippen LogP contribution < -0.4 is 11.1 Å². The average molecular weight is 402 g/mol. The van der Waals surface area contributed by atoms with Gasteiger partial charge in [0.25, 0.3) is 5.91 Å². The summed E-state index contributed by atoms with van der Waals surface area (Å²) < 4.78 is 0. The summed E-state index contributed by atoms with van der Waals surface area (Å²) in [4.78, 5) is 25.6. The maximum Gasteiger partial charge on any atom is 0.255 e. The first-order valence-electron chi connectivity index (χ1n) is 9.75. The van der Waals surface area contributed by atoms with E-state index in [0.717, 1.165) is 5.56 Å². The molecule has 0 heterocycles. The highest BCUT2D eigenvalue weighted by Crippen LogP contribution is 2.27. The summed E-state index contributed by atoms with van der Waals surface area (Å²) in [5.74, 6) is -0.567. The number of aliphatic hydroxyl groups is 1. The Hall–Kier alpha value is -3.44. The highest BCUT2D eigenvalue weighted by molar-refractivity contribution is 6.15. The van der Waals surface area contributed by atoms with Gasteiger partial charge in [-0.3, -0.25) is 9.59 Å². The molecule has 0 saturated carbocycles. The zero-order chi connectivity index (χ0) is 21.9. The third kappa shape index (κ3) is 4.58. The van der Waals surface area contributed by atoms with E-state index in [1.54, 1.807) is 54.6 Å². The van der Waals surface area contributed by atoms with E-state index in [9.17, 15) is 14.7 Å². The molecule has 0 spiro atoms. The largest absolute Gasteiger partial charge is 0.396 e. The fourth-order valence-electron chi connectivity index (χ4n) is 3.15. The zero-order valence-corrected chi connectivity index (χ0v) is 17.4. The Morgan fingerprint density at radius 3 is 2.23 bits per heavy atom. The molecule has 1 amide bonds. The van der Waals surface area contributed by atoms with E-state index in [4.69, 9.17) is 5.73 Å². The summed E-state index contributed by atoms with van der Waals surface area (Å²) in [5, 5.41) is 12.0. The van der Waals surface area contributed by atoms with Crippen LogP contribution in [0.25, 0.3) is 0 Å². The predicted octanol–water partition coefficient (Wildman–Crippen LogP) is 4.54. The first-order chi connectivity index (χ1) is 14.2. The van der Waals surface area contributed by atoms with Crippen LogP contribution in [0.1, 0.15) is 58.2 Å². The topological polar surface area (TPSA) is 92.4 Å². The molecule has 4 N–H and O–H groups in total. The third-order valence-electron chi connectivity index (χ3n) is 4.98. The number of carbonyl (C=O) groups is 2. The SMILES string of the molecule is CC(C)(C)c1ccc(C(=O)c2cccc(NC(=O)c3cccc(CO)c3)c2N)cc1. The highest BCUT2D eigenvalue weighted by atomic mass is 16.3. The second-order valence-electron chi connectivity index (χ2n) is 8.24. The van der Waals surface area contributed by atoms with Crippen molar-refractivity contribution in [1.82, 2.24) is 0 Å². The van der Waals surface area contributed by atoms with Gasteiger partial charge in [-0.15, -0.1) is 0 Å². The number of hydrogen-bond acceptors (Lipinski definition) is 4. The van der Waals surface area contributed by atoms with Crippen LogP contribution >= 0.6 is 0 Å². The molecular weight excluding hydrogens is 376 g/mol. The predicted molar refractivity (Wildman–Crippen MR) is 120 cm³/mol. The molecule has 0 aliphatic rings. The van der Waals surface area contributed by atoms with Crippen LogP contribution in [0.5, 0.6) is 0 Å². The molecule has 5 nitrogen and oxygen atoms in total. The van der Waals surface area contributed by atoms with Crippen molar-refractivity contribution in [2.45, 2.75) is 32.8 Å². The molecule has 0 aromatic heterocycles. The van der Waals surface area contributed by atoms with Crippen LogP contribution in [-0.4, -0.2) is 16.8 Å². The van der Waals surface area contributed by atoms with Gasteiger partial charge in [0.1, 0.15) is 0 Å². The Bertz CT molecular complexity index is 1080. The molecule has 0 bridgehead atoms. The molecule has 0 unspecified atom stereocenters. The van der Waals surface area contributed by atoms with E-state index < -0.39 is 0 Å². The van der Waals surface area contributed by atoms with Gasteiger partial charge in [0.05, 0.1) is 18.0 Å². The maximum atomic E-state index is 13.0. The minimum absolute atomic E-state index is 0.00185. The van der Waals surface area contributed by atoms with Crippen molar-refractivity contribution in [2.75, 3.05) is 11.1 Å². The lowest BCUT2D eigenvalue weighted by Crippen LogP contribution is -2.15. The minimum Gasteiger partial charge on any atom is -0.396 e. The number of nitrogens with two attached hydrogens (primary N) is 1. The average Bonchev–Trinajstić information content (AvgIpc) is 2.74. The van der Waals surface area contributed by atoms with Crippen molar-refractivity contribution in [2.24, 2.45) is 0 Å². The summed E-state index contributed by atoms with van der Waals surface area (Å²) >= 11 is 0. The van der Waals surface area contributed by atoms with Crippen molar-refractivity contribution >= 4 is 23.1 Å². The maximum absolute atomic E-state index is 13.0. The number of aliphatic hydroxyl groups excluding tert-OH is 1.